The third-order valence-corrected chi connectivity index (χ3v) is 7.66. The van der Waals surface area contributed by atoms with Crippen LogP contribution in [0.2, 0.25) is 10.0 Å². The lowest BCUT2D eigenvalue weighted by Gasteiger charge is -2.35. The van der Waals surface area contributed by atoms with Crippen LogP contribution in [-0.2, 0) is 16.1 Å². The van der Waals surface area contributed by atoms with Crippen molar-refractivity contribution < 1.29 is 9.59 Å². The number of likely N-dealkylation sites (tertiary alicyclic amines) is 1. The van der Waals surface area contributed by atoms with Crippen molar-refractivity contribution in [3.63, 3.8) is 0 Å². The minimum atomic E-state index is 0.00584. The van der Waals surface area contributed by atoms with Crippen LogP contribution in [0.4, 0.5) is 11.8 Å². The van der Waals surface area contributed by atoms with Crippen molar-refractivity contribution in [1.82, 2.24) is 19.8 Å². The van der Waals surface area contributed by atoms with Gasteiger partial charge < -0.3 is 20.0 Å². The molecule has 2 aliphatic rings. The number of nitrogens with one attached hydrogen (secondary N) is 1. The highest BCUT2D eigenvalue weighted by molar-refractivity contribution is 7.17. The lowest BCUT2D eigenvalue weighted by Crippen LogP contribution is -2.51. The molecule has 2 saturated heterocycles. The molecular weight excluding hydrogens is 495 g/mol. The van der Waals surface area contributed by atoms with Crippen molar-refractivity contribution in [1.29, 1.82) is 0 Å². The molecule has 0 radical (unpaired) electrons. The van der Waals surface area contributed by atoms with Crippen LogP contribution in [0.25, 0.3) is 10.2 Å². The van der Waals surface area contributed by atoms with Gasteiger partial charge in [-0.2, -0.15) is 4.98 Å². The number of amides is 2. The van der Waals surface area contributed by atoms with Gasteiger partial charge in [0.05, 0.1) is 16.8 Å². The molecule has 2 fully saturated rings. The maximum absolute atomic E-state index is 12.7. The molecule has 1 N–H and O–H groups in total. The second kappa shape index (κ2) is 9.93. The van der Waals surface area contributed by atoms with Crippen LogP contribution < -0.4 is 10.2 Å². The molecular formula is C23H24Cl2N6O2S. The SMILES string of the molecule is O=C(CN1CCCC1=O)N1CCN(c2nc(NCc3ccc(Cl)cc3Cl)c3sccc3n2)CC1. The lowest BCUT2D eigenvalue weighted by atomic mass is 10.2. The van der Waals surface area contributed by atoms with Gasteiger partial charge in [-0.05, 0) is 35.6 Å². The molecule has 1 aromatic carbocycles. The largest absolute Gasteiger partial charge is 0.365 e. The Hall–Kier alpha value is -2.62. The van der Waals surface area contributed by atoms with E-state index in [0.717, 1.165) is 28.0 Å². The Morgan fingerprint density at radius 2 is 1.91 bits per heavy atom. The number of rotatable bonds is 6. The molecule has 4 heterocycles. The summed E-state index contributed by atoms with van der Waals surface area (Å²) in [5, 5.41) is 6.61. The number of halogens is 2. The van der Waals surface area contributed by atoms with Crippen LogP contribution in [0.3, 0.4) is 0 Å². The molecule has 0 atom stereocenters. The Balaban J connectivity index is 1.26. The maximum Gasteiger partial charge on any atom is 0.242 e. The van der Waals surface area contributed by atoms with E-state index in [1.165, 1.54) is 0 Å². The zero-order chi connectivity index (χ0) is 23.7. The Morgan fingerprint density at radius 3 is 2.65 bits per heavy atom. The fourth-order valence-electron chi connectivity index (χ4n) is 4.25. The van der Waals surface area contributed by atoms with Crippen LogP contribution in [0.15, 0.2) is 29.6 Å². The number of piperazine rings is 1. The number of thiophene rings is 1. The Bertz CT molecular complexity index is 1230. The second-order valence-corrected chi connectivity index (χ2v) is 10.1. The van der Waals surface area contributed by atoms with Crippen molar-refractivity contribution in [2.75, 3.05) is 49.5 Å². The van der Waals surface area contributed by atoms with Crippen molar-refractivity contribution in [3.8, 4) is 0 Å². The van der Waals surface area contributed by atoms with Gasteiger partial charge in [0.15, 0.2) is 0 Å². The topological polar surface area (TPSA) is 81.7 Å². The number of hydrogen-bond donors (Lipinski definition) is 1. The summed E-state index contributed by atoms with van der Waals surface area (Å²) >= 11 is 13.9. The number of fused-ring (bicyclic) bond motifs is 1. The summed E-state index contributed by atoms with van der Waals surface area (Å²) in [6, 6.07) is 7.43. The molecule has 2 aliphatic heterocycles. The van der Waals surface area contributed by atoms with Crippen molar-refractivity contribution in [2.45, 2.75) is 19.4 Å². The molecule has 0 unspecified atom stereocenters. The van der Waals surface area contributed by atoms with E-state index in [-0.39, 0.29) is 18.4 Å². The average Bonchev–Trinajstić information content (AvgIpc) is 3.47. The number of carbonyl (C=O) groups is 2. The second-order valence-electron chi connectivity index (χ2n) is 8.38. The Kier molecular flexibility index (Phi) is 6.76. The number of anilines is 2. The van der Waals surface area contributed by atoms with Crippen LogP contribution in [0.5, 0.6) is 0 Å². The monoisotopic (exact) mass is 518 g/mol. The molecule has 0 aliphatic carbocycles. The number of carbonyl (C=O) groups excluding carboxylic acids is 2. The molecule has 0 spiro atoms. The predicted octanol–water partition coefficient (Wildman–Crippen LogP) is 3.88. The molecule has 5 rings (SSSR count). The molecule has 11 heteroatoms. The fraction of sp³-hybridized carbons (Fsp3) is 0.391. The summed E-state index contributed by atoms with van der Waals surface area (Å²) in [5.41, 5.74) is 1.81. The normalized spacial score (nSPS) is 16.5. The molecule has 178 valence electrons. The van der Waals surface area contributed by atoms with Crippen LogP contribution >= 0.6 is 34.5 Å². The van der Waals surface area contributed by atoms with Gasteiger partial charge in [-0.3, -0.25) is 9.59 Å². The third-order valence-electron chi connectivity index (χ3n) is 6.17. The minimum Gasteiger partial charge on any atom is -0.365 e. The van der Waals surface area contributed by atoms with E-state index in [4.69, 9.17) is 33.2 Å². The van der Waals surface area contributed by atoms with Gasteiger partial charge in [0.2, 0.25) is 17.8 Å². The first-order chi connectivity index (χ1) is 16.5. The highest BCUT2D eigenvalue weighted by Gasteiger charge is 2.28. The lowest BCUT2D eigenvalue weighted by molar-refractivity contribution is -0.138. The fourth-order valence-corrected chi connectivity index (χ4v) is 5.52. The maximum atomic E-state index is 12.7. The standard InChI is InChI=1S/C23H24Cl2N6O2S/c24-16-4-3-15(17(25)12-16)13-26-22-21-18(5-11-34-21)27-23(28-22)30-9-7-29(8-10-30)20(33)14-31-6-1-2-19(31)32/h3-5,11-12H,1-2,6-10,13-14H2,(H,26,27,28). The third kappa shape index (κ3) is 4.92. The number of hydrogen-bond acceptors (Lipinski definition) is 7. The van der Waals surface area contributed by atoms with Gasteiger partial charge in [0.25, 0.3) is 0 Å². The number of nitrogens with zero attached hydrogens (tertiary/aromatic N) is 5. The minimum absolute atomic E-state index is 0.00584. The quantitative estimate of drug-likeness (QED) is 0.533. The summed E-state index contributed by atoms with van der Waals surface area (Å²) in [6.45, 7) is 3.80. The van der Waals surface area contributed by atoms with E-state index in [9.17, 15) is 9.59 Å². The molecule has 0 saturated carbocycles. The summed E-state index contributed by atoms with van der Waals surface area (Å²) in [4.78, 5) is 39.6. The summed E-state index contributed by atoms with van der Waals surface area (Å²) < 4.78 is 0.984. The van der Waals surface area contributed by atoms with Gasteiger partial charge >= 0.3 is 0 Å². The first kappa shape index (κ1) is 23.1. The molecule has 3 aromatic rings. The van der Waals surface area contributed by atoms with Crippen molar-refractivity contribution >= 4 is 68.3 Å². The van der Waals surface area contributed by atoms with Gasteiger partial charge in [-0.25, -0.2) is 4.98 Å². The molecule has 0 bridgehead atoms. The first-order valence-electron chi connectivity index (χ1n) is 11.2. The van der Waals surface area contributed by atoms with E-state index in [0.29, 0.717) is 61.7 Å². The smallest absolute Gasteiger partial charge is 0.242 e. The zero-order valence-electron chi connectivity index (χ0n) is 18.5. The number of aromatic nitrogens is 2. The van der Waals surface area contributed by atoms with E-state index >= 15 is 0 Å². The van der Waals surface area contributed by atoms with Crippen LogP contribution in [0, 0.1) is 0 Å². The average molecular weight is 519 g/mol. The van der Waals surface area contributed by atoms with Crippen LogP contribution in [-0.4, -0.2) is 70.9 Å². The molecule has 2 amide bonds. The van der Waals surface area contributed by atoms with Crippen LogP contribution in [0.1, 0.15) is 18.4 Å². The summed E-state index contributed by atoms with van der Waals surface area (Å²) in [6.07, 6.45) is 1.38. The van der Waals surface area contributed by atoms with E-state index in [1.54, 1.807) is 22.3 Å². The van der Waals surface area contributed by atoms with E-state index in [1.807, 2.05) is 28.5 Å². The molecule has 8 nitrogen and oxygen atoms in total. The highest BCUT2D eigenvalue weighted by Crippen LogP contribution is 2.30. The zero-order valence-corrected chi connectivity index (χ0v) is 20.8. The number of benzene rings is 1. The van der Waals surface area contributed by atoms with Crippen molar-refractivity contribution in [3.05, 3.63) is 45.3 Å². The Morgan fingerprint density at radius 1 is 1.09 bits per heavy atom. The predicted molar refractivity (Wildman–Crippen MR) is 136 cm³/mol. The van der Waals surface area contributed by atoms with Crippen molar-refractivity contribution in [2.24, 2.45) is 0 Å². The van der Waals surface area contributed by atoms with E-state index in [2.05, 4.69) is 10.2 Å². The van der Waals surface area contributed by atoms with Gasteiger partial charge in [0.1, 0.15) is 5.82 Å². The van der Waals surface area contributed by atoms with Gasteiger partial charge in [-0.1, -0.05) is 29.3 Å². The molecule has 34 heavy (non-hydrogen) atoms. The summed E-state index contributed by atoms with van der Waals surface area (Å²) in [5.74, 6) is 1.47. The summed E-state index contributed by atoms with van der Waals surface area (Å²) in [7, 11) is 0. The van der Waals surface area contributed by atoms with E-state index < -0.39 is 0 Å². The first-order valence-corrected chi connectivity index (χ1v) is 12.8. The highest BCUT2D eigenvalue weighted by atomic mass is 35.5. The molecule has 2 aromatic heterocycles. The van der Waals surface area contributed by atoms with Gasteiger partial charge in [0, 0.05) is 55.7 Å². The Labute approximate surface area is 211 Å². The van der Waals surface area contributed by atoms with Gasteiger partial charge in [-0.15, -0.1) is 11.3 Å².